The number of guanidine groups is 1. The van der Waals surface area contributed by atoms with E-state index in [4.69, 9.17) is 9.40 Å². The molecule has 3 aromatic heterocycles. The van der Waals surface area contributed by atoms with E-state index in [0.29, 0.717) is 18.4 Å². The number of nitrogens with zero attached hydrogens (tertiary/aromatic N) is 4. The summed E-state index contributed by atoms with van der Waals surface area (Å²) >= 11 is 0. The van der Waals surface area contributed by atoms with Crippen LogP contribution < -0.4 is 10.6 Å². The smallest absolute Gasteiger partial charge is 0.226 e. The third-order valence-corrected chi connectivity index (χ3v) is 4.63. The number of aliphatic imine (C=N–C) groups is 1. The molecule has 7 heteroatoms. The lowest BCUT2D eigenvalue weighted by atomic mass is 10.2. The molecule has 0 saturated carbocycles. The van der Waals surface area contributed by atoms with E-state index in [-0.39, 0.29) is 0 Å². The molecule has 29 heavy (non-hydrogen) atoms. The second-order valence-electron chi connectivity index (χ2n) is 6.77. The predicted molar refractivity (Wildman–Crippen MR) is 114 cm³/mol. The van der Waals surface area contributed by atoms with Gasteiger partial charge in [-0.05, 0) is 30.7 Å². The molecule has 0 unspecified atom stereocenters. The maximum Gasteiger partial charge on any atom is 0.226 e. The third kappa shape index (κ3) is 4.45. The molecule has 0 saturated heterocycles. The Morgan fingerprint density at radius 3 is 2.72 bits per heavy atom. The molecule has 148 valence electrons. The van der Waals surface area contributed by atoms with Crippen molar-refractivity contribution in [2.75, 3.05) is 13.6 Å². The summed E-state index contributed by atoms with van der Waals surface area (Å²) in [4.78, 5) is 13.5. The number of pyridine rings is 1. The van der Waals surface area contributed by atoms with E-state index in [2.05, 4.69) is 44.2 Å². The van der Waals surface area contributed by atoms with Crippen molar-refractivity contribution < 1.29 is 4.42 Å². The van der Waals surface area contributed by atoms with Crippen LogP contribution >= 0.6 is 0 Å². The van der Waals surface area contributed by atoms with Gasteiger partial charge in [0.05, 0.1) is 17.9 Å². The Morgan fingerprint density at radius 2 is 1.93 bits per heavy atom. The van der Waals surface area contributed by atoms with Crippen LogP contribution in [-0.2, 0) is 13.0 Å². The maximum absolute atomic E-state index is 5.57. The van der Waals surface area contributed by atoms with Crippen LogP contribution in [0.25, 0.3) is 17.1 Å². The zero-order chi connectivity index (χ0) is 20.1. The van der Waals surface area contributed by atoms with Crippen molar-refractivity contribution in [2.45, 2.75) is 19.9 Å². The molecule has 7 nitrogen and oxygen atoms in total. The number of hydrogen-bond donors (Lipinski definition) is 2. The number of imidazole rings is 1. The van der Waals surface area contributed by atoms with Crippen LogP contribution in [0.2, 0.25) is 0 Å². The molecule has 0 aliphatic carbocycles. The van der Waals surface area contributed by atoms with Crippen molar-refractivity contribution in [3.63, 3.8) is 0 Å². The van der Waals surface area contributed by atoms with Crippen LogP contribution in [0.5, 0.6) is 0 Å². The van der Waals surface area contributed by atoms with Crippen LogP contribution in [0, 0.1) is 6.92 Å². The molecule has 1 aromatic carbocycles. The normalized spacial score (nSPS) is 11.7. The van der Waals surface area contributed by atoms with Gasteiger partial charge in [-0.25, -0.2) is 9.97 Å². The van der Waals surface area contributed by atoms with Crippen molar-refractivity contribution >= 4 is 11.6 Å². The second kappa shape index (κ2) is 8.60. The van der Waals surface area contributed by atoms with E-state index in [1.165, 1.54) is 5.56 Å². The van der Waals surface area contributed by atoms with Crippen LogP contribution in [0.4, 0.5) is 0 Å². The Balaban J connectivity index is 1.28. The highest BCUT2D eigenvalue weighted by molar-refractivity contribution is 5.79. The van der Waals surface area contributed by atoms with E-state index in [1.807, 2.05) is 42.6 Å². The largest absolute Gasteiger partial charge is 0.444 e. The van der Waals surface area contributed by atoms with Gasteiger partial charge in [-0.3, -0.25) is 4.99 Å². The number of hydrogen-bond acceptors (Lipinski definition) is 4. The van der Waals surface area contributed by atoms with Gasteiger partial charge in [0.2, 0.25) is 5.89 Å². The van der Waals surface area contributed by atoms with Gasteiger partial charge in [-0.1, -0.05) is 24.3 Å². The molecule has 0 aliphatic rings. The summed E-state index contributed by atoms with van der Waals surface area (Å²) in [6.45, 7) is 3.34. The average molecular weight is 388 g/mol. The molecule has 0 fully saturated rings. The summed E-state index contributed by atoms with van der Waals surface area (Å²) in [6.07, 6.45) is 6.57. The minimum atomic E-state index is 0.531. The van der Waals surface area contributed by atoms with Gasteiger partial charge in [0.15, 0.2) is 5.96 Å². The molecule has 2 N–H and O–H groups in total. The molecular weight excluding hydrogens is 364 g/mol. The second-order valence-corrected chi connectivity index (χ2v) is 6.77. The number of aromatic nitrogens is 3. The molecule has 0 aliphatic heterocycles. The van der Waals surface area contributed by atoms with Crippen LogP contribution in [-0.4, -0.2) is 33.9 Å². The minimum absolute atomic E-state index is 0.531. The van der Waals surface area contributed by atoms with E-state index >= 15 is 0 Å². The molecule has 0 spiro atoms. The van der Waals surface area contributed by atoms with Crippen molar-refractivity contribution in [3.8, 4) is 11.5 Å². The lowest BCUT2D eigenvalue weighted by Crippen LogP contribution is -2.37. The number of oxazole rings is 1. The van der Waals surface area contributed by atoms with Crippen LogP contribution in [0.15, 0.2) is 70.5 Å². The number of nitrogens with one attached hydrogen (secondary N) is 2. The number of rotatable bonds is 6. The number of benzene rings is 1. The molecule has 3 heterocycles. The molecule has 0 bridgehead atoms. The first-order chi connectivity index (χ1) is 14.2. The summed E-state index contributed by atoms with van der Waals surface area (Å²) in [7, 11) is 1.75. The Morgan fingerprint density at radius 1 is 1.07 bits per heavy atom. The molecule has 4 rings (SSSR count). The maximum atomic E-state index is 5.57. The fraction of sp³-hybridized carbons (Fsp3) is 0.227. The Labute approximate surface area is 169 Å². The summed E-state index contributed by atoms with van der Waals surface area (Å²) in [5.41, 5.74) is 5.01. The van der Waals surface area contributed by atoms with E-state index < -0.39 is 0 Å². The Hall–Kier alpha value is -3.61. The molecule has 0 atom stereocenters. The average Bonchev–Trinajstić information content (AvgIpc) is 3.39. The monoisotopic (exact) mass is 388 g/mol. The zero-order valence-electron chi connectivity index (χ0n) is 16.6. The van der Waals surface area contributed by atoms with E-state index in [1.54, 1.807) is 13.3 Å². The van der Waals surface area contributed by atoms with Crippen LogP contribution in [0.3, 0.4) is 0 Å². The number of fused-ring (bicyclic) bond motifs is 1. The van der Waals surface area contributed by atoms with Crippen molar-refractivity contribution in [1.29, 1.82) is 0 Å². The lowest BCUT2D eigenvalue weighted by molar-refractivity contribution is 0.572. The predicted octanol–water partition coefficient (Wildman–Crippen LogP) is 3.21. The first-order valence-electron chi connectivity index (χ1n) is 9.60. The molecule has 0 radical (unpaired) electrons. The van der Waals surface area contributed by atoms with Gasteiger partial charge >= 0.3 is 0 Å². The van der Waals surface area contributed by atoms with Gasteiger partial charge in [0, 0.05) is 38.0 Å². The fourth-order valence-corrected chi connectivity index (χ4v) is 3.13. The quantitative estimate of drug-likeness (QED) is 0.392. The Bertz CT molecular complexity index is 1110. The number of aryl methyl sites for hydroxylation is 1. The van der Waals surface area contributed by atoms with Crippen molar-refractivity contribution in [2.24, 2.45) is 4.99 Å². The Kier molecular flexibility index (Phi) is 5.56. The lowest BCUT2D eigenvalue weighted by Gasteiger charge is -2.09. The minimum Gasteiger partial charge on any atom is -0.444 e. The van der Waals surface area contributed by atoms with Gasteiger partial charge in [-0.15, -0.1) is 0 Å². The molecule has 4 aromatic rings. The van der Waals surface area contributed by atoms with Gasteiger partial charge in [-0.2, -0.15) is 0 Å². The van der Waals surface area contributed by atoms with E-state index in [0.717, 1.165) is 35.6 Å². The van der Waals surface area contributed by atoms with Gasteiger partial charge < -0.3 is 19.5 Å². The molecular formula is C22H24N6O. The zero-order valence-corrected chi connectivity index (χ0v) is 16.6. The SMILES string of the molecule is CN=C(NCCc1cn2cccc(C)c2n1)NCc1coc(-c2ccccc2)n1. The van der Waals surface area contributed by atoms with Gasteiger partial charge in [0.25, 0.3) is 0 Å². The van der Waals surface area contributed by atoms with Crippen LogP contribution in [0.1, 0.15) is 17.0 Å². The topological polar surface area (TPSA) is 79.8 Å². The highest BCUT2D eigenvalue weighted by Gasteiger charge is 2.08. The first kappa shape index (κ1) is 18.7. The first-order valence-corrected chi connectivity index (χ1v) is 9.60. The highest BCUT2D eigenvalue weighted by Crippen LogP contribution is 2.17. The fourth-order valence-electron chi connectivity index (χ4n) is 3.13. The molecule has 0 amide bonds. The summed E-state index contributed by atoms with van der Waals surface area (Å²) in [6, 6.07) is 14.0. The van der Waals surface area contributed by atoms with Crippen molar-refractivity contribution in [3.05, 3.63) is 78.1 Å². The third-order valence-electron chi connectivity index (χ3n) is 4.63. The van der Waals surface area contributed by atoms with Gasteiger partial charge in [0.1, 0.15) is 11.9 Å². The van der Waals surface area contributed by atoms with Crippen molar-refractivity contribution in [1.82, 2.24) is 25.0 Å². The van der Waals surface area contributed by atoms with E-state index in [9.17, 15) is 0 Å². The summed E-state index contributed by atoms with van der Waals surface area (Å²) < 4.78 is 7.63. The highest BCUT2D eigenvalue weighted by atomic mass is 16.3. The summed E-state index contributed by atoms with van der Waals surface area (Å²) in [5, 5.41) is 6.58. The summed E-state index contributed by atoms with van der Waals surface area (Å²) in [5.74, 6) is 1.33. The standard InChI is InChI=1S/C22H24N6O/c1-16-7-6-12-28-14-18(26-20(16)28)10-11-24-22(23-2)25-13-19-15-29-21(27-19)17-8-4-3-5-9-17/h3-9,12,14-15H,10-11,13H2,1-2H3,(H2,23,24,25).